The Morgan fingerprint density at radius 1 is 1.16 bits per heavy atom. The first-order valence-corrected chi connectivity index (χ1v) is 13.4. The number of carbonyl (C=O) groups excluding carboxylic acids is 2. The SMILES string of the molecule is COCCN1C[C@@H](NC(=O)Nc2c(C)c(-c3cnc(C(N)=O)c(OC)c3)nn2-c2ccccc2)[C@H](c2ccnc(F)c2)O1. The largest absolute Gasteiger partial charge is 0.494 e. The van der Waals surface area contributed by atoms with Gasteiger partial charge >= 0.3 is 6.03 Å². The van der Waals surface area contributed by atoms with E-state index < -0.39 is 30.0 Å². The number of amides is 3. The highest BCUT2D eigenvalue weighted by Crippen LogP contribution is 2.33. The molecule has 1 fully saturated rings. The number of halogens is 1. The summed E-state index contributed by atoms with van der Waals surface area (Å²) in [5.74, 6) is -0.773. The molecule has 0 saturated carbocycles. The van der Waals surface area contributed by atoms with Crippen LogP contribution in [0.25, 0.3) is 16.9 Å². The van der Waals surface area contributed by atoms with Gasteiger partial charge in [-0.2, -0.15) is 14.6 Å². The Morgan fingerprint density at radius 3 is 2.65 bits per heavy atom. The van der Waals surface area contributed by atoms with Gasteiger partial charge in [0.1, 0.15) is 11.9 Å². The number of ether oxygens (including phenoxy) is 2. The predicted octanol–water partition coefficient (Wildman–Crippen LogP) is 3.01. The molecule has 1 aromatic carbocycles. The van der Waals surface area contributed by atoms with Crippen LogP contribution in [0.1, 0.15) is 27.7 Å². The van der Waals surface area contributed by atoms with E-state index >= 15 is 0 Å². The van der Waals surface area contributed by atoms with Gasteiger partial charge in [0.15, 0.2) is 11.4 Å². The number of anilines is 1. The van der Waals surface area contributed by atoms with Crippen molar-refractivity contribution in [2.75, 3.05) is 39.2 Å². The maximum Gasteiger partial charge on any atom is 0.320 e. The summed E-state index contributed by atoms with van der Waals surface area (Å²) in [6.07, 6.45) is 2.17. The molecule has 4 N–H and O–H groups in total. The van der Waals surface area contributed by atoms with E-state index in [1.54, 1.807) is 35.9 Å². The fraction of sp³-hybridized carbons (Fsp3) is 0.276. The zero-order chi connectivity index (χ0) is 30.5. The first-order valence-electron chi connectivity index (χ1n) is 13.4. The molecule has 0 radical (unpaired) electrons. The summed E-state index contributed by atoms with van der Waals surface area (Å²) < 4.78 is 26.0. The predicted molar refractivity (Wildman–Crippen MR) is 154 cm³/mol. The molecule has 3 amide bonds. The van der Waals surface area contributed by atoms with Gasteiger partial charge in [0.2, 0.25) is 5.95 Å². The zero-order valence-corrected chi connectivity index (χ0v) is 23.8. The number of hydrogen-bond donors (Lipinski definition) is 3. The van der Waals surface area contributed by atoms with E-state index in [0.29, 0.717) is 53.6 Å². The Balaban J connectivity index is 1.46. The molecule has 0 aliphatic carbocycles. The van der Waals surface area contributed by atoms with Gasteiger partial charge < -0.3 is 20.5 Å². The average Bonchev–Trinajstić information content (AvgIpc) is 3.56. The number of nitrogens with one attached hydrogen (secondary N) is 2. The van der Waals surface area contributed by atoms with Crippen molar-refractivity contribution < 1.29 is 28.3 Å². The number of nitrogens with two attached hydrogens (primary N) is 1. The molecule has 0 unspecified atom stereocenters. The standard InChI is InChI=1S/C29H31FN8O5/c1-17-24(19-13-22(42-3)25(27(31)39)33-15-19)36-38(20-7-5-4-6-8-20)28(17)35-29(40)34-21-16-37(11-12-41-2)43-26(21)18-9-10-32-23(30)14-18/h4-10,13-15,21,26H,11-12,16H2,1-3H3,(H2,31,39)(H2,34,35,40)/t21-,26+/m1/s1. The number of primary amides is 1. The lowest BCUT2D eigenvalue weighted by atomic mass is 10.0. The number of carbonyl (C=O) groups is 2. The lowest BCUT2D eigenvalue weighted by Gasteiger charge is -2.19. The third kappa shape index (κ3) is 6.45. The van der Waals surface area contributed by atoms with Crippen LogP contribution in [0.4, 0.5) is 15.0 Å². The second-order valence-corrected chi connectivity index (χ2v) is 9.73. The van der Waals surface area contributed by atoms with Gasteiger partial charge in [-0.1, -0.05) is 18.2 Å². The minimum atomic E-state index is -0.724. The van der Waals surface area contributed by atoms with Gasteiger partial charge in [0, 0.05) is 43.7 Å². The molecule has 1 aliphatic rings. The third-order valence-corrected chi connectivity index (χ3v) is 6.90. The van der Waals surface area contributed by atoms with E-state index in [2.05, 4.69) is 20.6 Å². The minimum absolute atomic E-state index is 0.00826. The van der Waals surface area contributed by atoms with Gasteiger partial charge in [0.25, 0.3) is 5.91 Å². The first kappa shape index (κ1) is 29.6. The van der Waals surface area contributed by atoms with Crippen LogP contribution in [0.3, 0.4) is 0 Å². The Hall–Kier alpha value is -4.92. The van der Waals surface area contributed by atoms with Crippen LogP contribution >= 0.6 is 0 Å². The summed E-state index contributed by atoms with van der Waals surface area (Å²) >= 11 is 0. The molecule has 4 aromatic rings. The average molecular weight is 591 g/mol. The fourth-order valence-electron chi connectivity index (χ4n) is 4.84. The summed E-state index contributed by atoms with van der Waals surface area (Å²) in [5, 5.41) is 12.3. The van der Waals surface area contributed by atoms with Crippen LogP contribution in [0.5, 0.6) is 5.75 Å². The summed E-state index contributed by atoms with van der Waals surface area (Å²) in [5.41, 5.74) is 8.33. The number of para-hydroxylation sites is 1. The molecule has 0 bridgehead atoms. The molecule has 1 saturated heterocycles. The number of methoxy groups -OCH3 is 2. The van der Waals surface area contributed by atoms with E-state index in [9.17, 15) is 14.0 Å². The summed E-state index contributed by atoms with van der Waals surface area (Å²) in [6.45, 7) is 3.01. The molecule has 5 rings (SSSR count). The number of hydrogen-bond acceptors (Lipinski definition) is 9. The summed E-state index contributed by atoms with van der Waals surface area (Å²) in [7, 11) is 3.00. The summed E-state index contributed by atoms with van der Waals surface area (Å²) in [4.78, 5) is 39.1. The number of hydroxylamine groups is 2. The quantitative estimate of drug-likeness (QED) is 0.236. The number of rotatable bonds is 10. The first-order chi connectivity index (χ1) is 20.8. The van der Waals surface area contributed by atoms with Crippen molar-refractivity contribution >= 4 is 17.8 Å². The van der Waals surface area contributed by atoms with Gasteiger partial charge in [0.05, 0.1) is 31.1 Å². The van der Waals surface area contributed by atoms with Crippen molar-refractivity contribution in [2.45, 2.75) is 19.1 Å². The highest BCUT2D eigenvalue weighted by molar-refractivity contribution is 5.94. The zero-order valence-electron chi connectivity index (χ0n) is 23.8. The Bertz CT molecular complexity index is 1620. The highest BCUT2D eigenvalue weighted by Gasteiger charge is 2.37. The fourth-order valence-corrected chi connectivity index (χ4v) is 4.84. The lowest BCUT2D eigenvalue weighted by Crippen LogP contribution is -2.42. The molecule has 14 heteroatoms. The maximum atomic E-state index is 14.0. The highest BCUT2D eigenvalue weighted by atomic mass is 19.1. The number of pyridine rings is 2. The van der Waals surface area contributed by atoms with Crippen molar-refractivity contribution in [3.05, 3.63) is 83.7 Å². The molecule has 2 atom stereocenters. The Labute approximate surface area is 246 Å². The van der Waals surface area contributed by atoms with Crippen molar-refractivity contribution in [2.24, 2.45) is 5.73 Å². The third-order valence-electron chi connectivity index (χ3n) is 6.90. The van der Waals surface area contributed by atoms with Crippen LogP contribution in [0, 0.1) is 12.9 Å². The van der Waals surface area contributed by atoms with E-state index in [0.717, 1.165) is 0 Å². The number of nitrogens with zero attached hydrogens (tertiary/aromatic N) is 5. The number of benzene rings is 1. The topological polar surface area (TPSA) is 159 Å². The molecule has 3 aromatic heterocycles. The minimum Gasteiger partial charge on any atom is -0.494 e. The molecule has 13 nitrogen and oxygen atoms in total. The molecule has 1 aliphatic heterocycles. The summed E-state index contributed by atoms with van der Waals surface area (Å²) in [6, 6.07) is 12.8. The van der Waals surface area contributed by atoms with Crippen LogP contribution in [-0.2, 0) is 9.57 Å². The van der Waals surface area contributed by atoms with Gasteiger partial charge in [-0.05, 0) is 42.8 Å². The molecular formula is C29H31FN8O5. The Kier molecular flexibility index (Phi) is 8.90. The number of urea groups is 1. The Morgan fingerprint density at radius 2 is 1.95 bits per heavy atom. The van der Waals surface area contributed by atoms with Crippen LogP contribution < -0.4 is 21.1 Å². The smallest absolute Gasteiger partial charge is 0.320 e. The monoisotopic (exact) mass is 590 g/mol. The molecular weight excluding hydrogens is 559 g/mol. The van der Waals surface area contributed by atoms with E-state index in [4.69, 9.17) is 25.1 Å². The van der Waals surface area contributed by atoms with Crippen molar-refractivity contribution in [1.82, 2.24) is 30.1 Å². The number of aromatic nitrogens is 4. The molecule has 0 spiro atoms. The van der Waals surface area contributed by atoms with E-state index in [1.807, 2.05) is 30.3 Å². The van der Waals surface area contributed by atoms with Gasteiger partial charge in [-0.15, -0.1) is 0 Å². The van der Waals surface area contributed by atoms with E-state index in [-0.39, 0.29) is 11.4 Å². The molecule has 43 heavy (non-hydrogen) atoms. The second-order valence-electron chi connectivity index (χ2n) is 9.73. The van der Waals surface area contributed by atoms with Gasteiger partial charge in [-0.3, -0.25) is 14.9 Å². The van der Waals surface area contributed by atoms with E-state index in [1.165, 1.54) is 25.6 Å². The van der Waals surface area contributed by atoms with Crippen molar-refractivity contribution in [3.63, 3.8) is 0 Å². The van der Waals surface area contributed by atoms with Crippen LogP contribution in [-0.4, -0.2) is 76.7 Å². The lowest BCUT2D eigenvalue weighted by molar-refractivity contribution is -0.154. The van der Waals surface area contributed by atoms with Crippen molar-refractivity contribution in [1.29, 1.82) is 0 Å². The van der Waals surface area contributed by atoms with Gasteiger partial charge in [-0.25, -0.2) is 19.4 Å². The molecule has 224 valence electrons. The van der Waals surface area contributed by atoms with Crippen LogP contribution in [0.2, 0.25) is 0 Å². The van der Waals surface area contributed by atoms with Crippen molar-refractivity contribution in [3.8, 4) is 22.7 Å². The second kappa shape index (κ2) is 12.9. The molecule has 4 heterocycles. The normalized spacial score (nSPS) is 16.7. The van der Waals surface area contributed by atoms with Crippen LogP contribution in [0.15, 0.2) is 60.9 Å². The maximum absolute atomic E-state index is 14.0.